The molecular weight excluding hydrogens is 238 g/mol. The van der Waals surface area contributed by atoms with Crippen LogP contribution in [0.2, 0.25) is 0 Å². The van der Waals surface area contributed by atoms with E-state index in [4.69, 9.17) is 9.47 Å². The second kappa shape index (κ2) is 8.18. The lowest BCUT2D eigenvalue weighted by molar-refractivity contribution is 0.134. The number of methoxy groups -OCH3 is 1. The molecule has 0 aromatic heterocycles. The van der Waals surface area contributed by atoms with Gasteiger partial charge in [-0.1, -0.05) is 31.5 Å². The van der Waals surface area contributed by atoms with E-state index < -0.39 is 0 Å². The number of aryl methyl sites for hydroxylation is 1. The van der Waals surface area contributed by atoms with Crippen molar-refractivity contribution in [1.29, 1.82) is 0 Å². The highest BCUT2D eigenvalue weighted by Crippen LogP contribution is 2.12. The van der Waals surface area contributed by atoms with Crippen molar-refractivity contribution in [3.63, 3.8) is 0 Å². The summed E-state index contributed by atoms with van der Waals surface area (Å²) in [7, 11) is 1.74. The Bertz CT molecular complexity index is 348. The third-order valence-electron chi connectivity index (χ3n) is 3.17. The summed E-state index contributed by atoms with van der Waals surface area (Å²) in [4.78, 5) is 0. The summed E-state index contributed by atoms with van der Waals surface area (Å²) in [6.45, 7) is 10.0. The quantitative estimate of drug-likeness (QED) is 0.783. The Hall–Kier alpha value is -1.06. The number of hydrogen-bond donors (Lipinski definition) is 1. The molecule has 1 aromatic carbocycles. The van der Waals surface area contributed by atoms with Crippen molar-refractivity contribution < 1.29 is 9.47 Å². The largest absolute Gasteiger partial charge is 0.492 e. The number of nitrogens with one attached hydrogen (secondary N) is 1. The highest BCUT2D eigenvalue weighted by Gasteiger charge is 2.15. The average molecular weight is 265 g/mol. The molecule has 1 N–H and O–H groups in total. The first-order valence-electron chi connectivity index (χ1n) is 6.97. The maximum Gasteiger partial charge on any atom is 0.119 e. The van der Waals surface area contributed by atoms with Crippen molar-refractivity contribution in [2.24, 2.45) is 5.92 Å². The van der Waals surface area contributed by atoms with Gasteiger partial charge in [-0.15, -0.1) is 0 Å². The van der Waals surface area contributed by atoms with E-state index in [1.165, 1.54) is 5.56 Å². The van der Waals surface area contributed by atoms with Crippen LogP contribution in [-0.4, -0.2) is 32.4 Å². The van der Waals surface area contributed by atoms with Gasteiger partial charge in [-0.3, -0.25) is 0 Å². The van der Waals surface area contributed by atoms with Crippen LogP contribution in [0.15, 0.2) is 24.3 Å². The first-order chi connectivity index (χ1) is 9.02. The van der Waals surface area contributed by atoms with Gasteiger partial charge >= 0.3 is 0 Å². The molecule has 0 aliphatic rings. The van der Waals surface area contributed by atoms with Crippen LogP contribution in [0.5, 0.6) is 5.75 Å². The summed E-state index contributed by atoms with van der Waals surface area (Å²) >= 11 is 0. The summed E-state index contributed by atoms with van der Waals surface area (Å²) in [5.41, 5.74) is 1.25. The van der Waals surface area contributed by atoms with Crippen molar-refractivity contribution >= 4 is 0 Å². The lowest BCUT2D eigenvalue weighted by Crippen LogP contribution is -2.45. The van der Waals surface area contributed by atoms with Crippen molar-refractivity contribution in [3.05, 3.63) is 29.8 Å². The molecule has 0 saturated heterocycles. The Kier molecular flexibility index (Phi) is 6.89. The lowest BCUT2D eigenvalue weighted by atomic mass is 10.0. The van der Waals surface area contributed by atoms with Crippen molar-refractivity contribution in [3.8, 4) is 5.75 Å². The average Bonchev–Trinajstić information content (AvgIpc) is 2.37. The Labute approximate surface area is 117 Å². The molecule has 3 heteroatoms. The van der Waals surface area contributed by atoms with Crippen LogP contribution in [0, 0.1) is 12.8 Å². The fraction of sp³-hybridized carbons (Fsp3) is 0.625. The monoisotopic (exact) mass is 265 g/mol. The summed E-state index contributed by atoms with van der Waals surface area (Å²) in [6.07, 6.45) is 0. The summed E-state index contributed by atoms with van der Waals surface area (Å²) in [5.74, 6) is 1.47. The second-order valence-electron chi connectivity index (χ2n) is 5.50. The van der Waals surface area contributed by atoms with Crippen LogP contribution in [-0.2, 0) is 4.74 Å². The zero-order valence-electron chi connectivity index (χ0n) is 12.8. The molecule has 108 valence electrons. The van der Waals surface area contributed by atoms with Gasteiger partial charge in [0.1, 0.15) is 12.4 Å². The van der Waals surface area contributed by atoms with Crippen LogP contribution < -0.4 is 10.1 Å². The first-order valence-corrected chi connectivity index (χ1v) is 6.97. The van der Waals surface area contributed by atoms with Crippen LogP contribution in [0.25, 0.3) is 0 Å². The number of hydrogen-bond acceptors (Lipinski definition) is 3. The maximum atomic E-state index is 5.78. The van der Waals surface area contributed by atoms with Gasteiger partial charge in [0.25, 0.3) is 0 Å². The topological polar surface area (TPSA) is 30.5 Å². The first kappa shape index (κ1) is 16.0. The van der Waals surface area contributed by atoms with Crippen LogP contribution in [0.1, 0.15) is 26.3 Å². The molecule has 0 bridgehead atoms. The SMILES string of the molecule is COCC(NC(C)COc1ccc(C)cc1)C(C)C. The van der Waals surface area contributed by atoms with E-state index in [0.29, 0.717) is 24.6 Å². The molecule has 1 rings (SSSR count). The number of benzene rings is 1. The molecule has 2 atom stereocenters. The molecule has 1 aromatic rings. The van der Waals surface area contributed by atoms with E-state index in [0.717, 1.165) is 12.4 Å². The zero-order chi connectivity index (χ0) is 14.3. The molecule has 0 saturated carbocycles. The maximum absolute atomic E-state index is 5.78. The van der Waals surface area contributed by atoms with E-state index in [-0.39, 0.29) is 0 Å². The molecule has 19 heavy (non-hydrogen) atoms. The normalized spacial score (nSPS) is 14.4. The highest BCUT2D eigenvalue weighted by molar-refractivity contribution is 5.26. The van der Waals surface area contributed by atoms with Gasteiger partial charge in [-0.05, 0) is 31.9 Å². The Morgan fingerprint density at radius 1 is 1.05 bits per heavy atom. The molecule has 0 aliphatic carbocycles. The fourth-order valence-corrected chi connectivity index (χ4v) is 1.88. The van der Waals surface area contributed by atoms with Crippen LogP contribution in [0.3, 0.4) is 0 Å². The van der Waals surface area contributed by atoms with Gasteiger partial charge < -0.3 is 14.8 Å². The predicted molar refractivity (Wildman–Crippen MR) is 79.8 cm³/mol. The van der Waals surface area contributed by atoms with E-state index in [9.17, 15) is 0 Å². The van der Waals surface area contributed by atoms with Gasteiger partial charge in [0.2, 0.25) is 0 Å². The van der Waals surface area contributed by atoms with E-state index in [1.54, 1.807) is 7.11 Å². The zero-order valence-corrected chi connectivity index (χ0v) is 12.8. The molecular formula is C16H27NO2. The third kappa shape index (κ3) is 6.08. The van der Waals surface area contributed by atoms with Gasteiger partial charge in [0.05, 0.1) is 6.61 Å². The molecule has 3 nitrogen and oxygen atoms in total. The standard InChI is InChI=1S/C16H27NO2/c1-12(2)16(11-18-5)17-14(4)10-19-15-8-6-13(3)7-9-15/h6-9,12,14,16-17H,10-11H2,1-5H3. The minimum atomic E-state index is 0.295. The Balaban J connectivity index is 2.37. The van der Waals surface area contributed by atoms with Gasteiger partial charge in [-0.2, -0.15) is 0 Å². The van der Waals surface area contributed by atoms with Crippen LogP contribution >= 0.6 is 0 Å². The van der Waals surface area contributed by atoms with Crippen molar-refractivity contribution in [2.45, 2.75) is 39.8 Å². The van der Waals surface area contributed by atoms with E-state index in [2.05, 4.69) is 45.1 Å². The summed E-state index contributed by atoms with van der Waals surface area (Å²) in [6, 6.07) is 8.81. The number of ether oxygens (including phenoxy) is 2. The summed E-state index contributed by atoms with van der Waals surface area (Å²) in [5, 5.41) is 3.55. The molecule has 0 fully saturated rings. The van der Waals surface area contributed by atoms with Gasteiger partial charge in [-0.25, -0.2) is 0 Å². The van der Waals surface area contributed by atoms with Crippen molar-refractivity contribution in [1.82, 2.24) is 5.32 Å². The third-order valence-corrected chi connectivity index (χ3v) is 3.17. The molecule has 0 aliphatic heterocycles. The molecule has 0 radical (unpaired) electrons. The molecule has 0 spiro atoms. The summed E-state index contributed by atoms with van der Waals surface area (Å²) < 4.78 is 11.0. The molecule has 2 unspecified atom stereocenters. The molecule has 0 heterocycles. The van der Waals surface area contributed by atoms with E-state index in [1.807, 2.05) is 12.1 Å². The minimum Gasteiger partial charge on any atom is -0.492 e. The lowest BCUT2D eigenvalue weighted by Gasteiger charge is -2.25. The predicted octanol–water partition coefficient (Wildman–Crippen LogP) is 3.02. The van der Waals surface area contributed by atoms with Crippen molar-refractivity contribution in [2.75, 3.05) is 20.3 Å². The van der Waals surface area contributed by atoms with Crippen LogP contribution in [0.4, 0.5) is 0 Å². The second-order valence-corrected chi connectivity index (χ2v) is 5.50. The Morgan fingerprint density at radius 3 is 2.21 bits per heavy atom. The van der Waals surface area contributed by atoms with Gasteiger partial charge in [0.15, 0.2) is 0 Å². The minimum absolute atomic E-state index is 0.295. The highest BCUT2D eigenvalue weighted by atomic mass is 16.5. The van der Waals surface area contributed by atoms with Gasteiger partial charge in [0, 0.05) is 19.2 Å². The van der Waals surface area contributed by atoms with E-state index >= 15 is 0 Å². The Morgan fingerprint density at radius 2 is 1.68 bits per heavy atom. The fourth-order valence-electron chi connectivity index (χ4n) is 1.88. The smallest absolute Gasteiger partial charge is 0.119 e. The number of rotatable bonds is 8. The molecule has 0 amide bonds.